The van der Waals surface area contributed by atoms with Crippen molar-refractivity contribution in [1.82, 2.24) is 15.1 Å². The fraction of sp³-hybridized carbons (Fsp3) is 0.733. The van der Waals surface area contributed by atoms with Crippen LogP contribution in [0.2, 0.25) is 0 Å². The quantitative estimate of drug-likeness (QED) is 0.822. The first kappa shape index (κ1) is 15.0. The molecule has 0 saturated carbocycles. The average Bonchev–Trinajstić information content (AvgIpc) is 2.39. The van der Waals surface area contributed by atoms with Gasteiger partial charge in [-0.05, 0) is 19.5 Å². The summed E-state index contributed by atoms with van der Waals surface area (Å²) in [6.45, 7) is 9.99. The number of aliphatic imine (C=N–C) groups is 1. The van der Waals surface area contributed by atoms with Crippen molar-refractivity contribution in [3.8, 4) is 0 Å². The van der Waals surface area contributed by atoms with E-state index in [4.69, 9.17) is 0 Å². The number of carbonyl (C=O) groups excluding carboxylic acids is 1. The van der Waals surface area contributed by atoms with Gasteiger partial charge < -0.3 is 15.1 Å². The molecule has 1 amide bonds. The predicted octanol–water partition coefficient (Wildman–Crippen LogP) is 1.08. The molecule has 112 valence electrons. The van der Waals surface area contributed by atoms with E-state index in [0.717, 1.165) is 38.4 Å². The van der Waals surface area contributed by atoms with Crippen LogP contribution in [0, 0.1) is 5.41 Å². The Kier molecular flexibility index (Phi) is 4.48. The molecular formula is C15H26N4O. The number of hydrogen-bond acceptors (Lipinski definition) is 4. The lowest BCUT2D eigenvalue weighted by Crippen LogP contribution is -2.45. The number of hydrogen-bond donors (Lipinski definition) is 1. The molecule has 5 nitrogen and oxygen atoms in total. The molecule has 2 rings (SSSR count). The molecule has 1 atom stereocenters. The van der Waals surface area contributed by atoms with Crippen LogP contribution in [-0.4, -0.2) is 61.2 Å². The minimum absolute atomic E-state index is 0.0259. The van der Waals surface area contributed by atoms with Crippen molar-refractivity contribution in [2.45, 2.75) is 33.2 Å². The normalized spacial score (nSPS) is 24.5. The van der Waals surface area contributed by atoms with Gasteiger partial charge in [-0.25, -0.2) is 4.99 Å². The van der Waals surface area contributed by atoms with Crippen LogP contribution >= 0.6 is 0 Å². The molecule has 0 bridgehead atoms. The van der Waals surface area contributed by atoms with Crippen molar-refractivity contribution in [1.29, 1.82) is 0 Å². The van der Waals surface area contributed by atoms with E-state index in [-0.39, 0.29) is 17.4 Å². The van der Waals surface area contributed by atoms with Gasteiger partial charge in [-0.3, -0.25) is 4.79 Å². The Hall–Kier alpha value is -1.36. The number of rotatable bonds is 2. The van der Waals surface area contributed by atoms with Gasteiger partial charge in [0.2, 0.25) is 5.91 Å². The Bertz CT molecular complexity index is 414. The highest BCUT2D eigenvalue weighted by Crippen LogP contribution is 2.17. The molecule has 20 heavy (non-hydrogen) atoms. The van der Waals surface area contributed by atoms with Gasteiger partial charge in [-0.1, -0.05) is 20.8 Å². The van der Waals surface area contributed by atoms with E-state index < -0.39 is 0 Å². The van der Waals surface area contributed by atoms with Crippen molar-refractivity contribution >= 4 is 12.1 Å². The summed E-state index contributed by atoms with van der Waals surface area (Å²) in [6, 6.07) is 0.0259. The maximum atomic E-state index is 11.9. The molecule has 2 aliphatic heterocycles. The highest BCUT2D eigenvalue weighted by atomic mass is 16.2. The number of carbonyl (C=O) groups is 1. The summed E-state index contributed by atoms with van der Waals surface area (Å²) in [4.78, 5) is 21.1. The number of nitrogens with zero attached hydrogens (tertiary/aromatic N) is 3. The molecular weight excluding hydrogens is 252 g/mol. The van der Waals surface area contributed by atoms with Gasteiger partial charge in [-0.2, -0.15) is 0 Å². The molecule has 1 N–H and O–H groups in total. The number of nitrogens with one attached hydrogen (secondary N) is 1. The van der Waals surface area contributed by atoms with Gasteiger partial charge in [0.05, 0.1) is 6.04 Å². The van der Waals surface area contributed by atoms with Gasteiger partial charge >= 0.3 is 0 Å². The Labute approximate surface area is 121 Å². The zero-order chi connectivity index (χ0) is 14.8. The maximum Gasteiger partial charge on any atom is 0.225 e. The molecule has 0 spiro atoms. The molecule has 0 aromatic carbocycles. The van der Waals surface area contributed by atoms with E-state index in [1.165, 1.54) is 0 Å². The van der Waals surface area contributed by atoms with Crippen LogP contribution in [0.15, 0.2) is 16.9 Å². The summed E-state index contributed by atoms with van der Waals surface area (Å²) in [6.07, 6.45) is 4.84. The number of likely N-dealkylation sites (N-methyl/N-ethyl adjacent to an activating group) is 1. The first-order chi connectivity index (χ1) is 9.36. The van der Waals surface area contributed by atoms with Crippen LogP contribution in [0.25, 0.3) is 0 Å². The van der Waals surface area contributed by atoms with E-state index in [1.54, 1.807) is 0 Å². The first-order valence-electron chi connectivity index (χ1n) is 7.35. The molecule has 5 heteroatoms. The Morgan fingerprint density at radius 1 is 1.30 bits per heavy atom. The van der Waals surface area contributed by atoms with Crippen molar-refractivity contribution in [2.24, 2.45) is 10.4 Å². The second kappa shape index (κ2) is 5.95. The average molecular weight is 278 g/mol. The van der Waals surface area contributed by atoms with Crippen LogP contribution in [0.1, 0.15) is 27.2 Å². The minimum Gasteiger partial charge on any atom is -0.354 e. The summed E-state index contributed by atoms with van der Waals surface area (Å²) in [5.41, 5.74) is -0.352. The summed E-state index contributed by atoms with van der Waals surface area (Å²) in [7, 11) is 2.15. The summed E-state index contributed by atoms with van der Waals surface area (Å²) in [5.74, 6) is 1.13. The summed E-state index contributed by atoms with van der Waals surface area (Å²) in [5, 5.41) is 3.03. The third-order valence-corrected chi connectivity index (χ3v) is 3.77. The lowest BCUT2D eigenvalue weighted by Gasteiger charge is -2.35. The summed E-state index contributed by atoms with van der Waals surface area (Å²) < 4.78 is 0. The van der Waals surface area contributed by atoms with Gasteiger partial charge in [0.1, 0.15) is 5.82 Å². The molecule has 1 fully saturated rings. The van der Waals surface area contributed by atoms with Crippen LogP contribution in [-0.2, 0) is 4.79 Å². The van der Waals surface area contributed by atoms with Crippen LogP contribution in [0.4, 0.5) is 0 Å². The minimum atomic E-state index is -0.352. The largest absolute Gasteiger partial charge is 0.354 e. The second-order valence-corrected chi connectivity index (χ2v) is 6.70. The third kappa shape index (κ3) is 3.82. The topological polar surface area (TPSA) is 47.9 Å². The Morgan fingerprint density at radius 3 is 2.45 bits per heavy atom. The smallest absolute Gasteiger partial charge is 0.225 e. The first-order valence-corrected chi connectivity index (χ1v) is 7.35. The Morgan fingerprint density at radius 2 is 1.95 bits per heavy atom. The molecule has 0 aromatic heterocycles. The predicted molar refractivity (Wildman–Crippen MR) is 81.6 cm³/mol. The van der Waals surface area contributed by atoms with Crippen LogP contribution in [0.3, 0.4) is 0 Å². The van der Waals surface area contributed by atoms with Crippen molar-refractivity contribution in [3.63, 3.8) is 0 Å². The highest BCUT2D eigenvalue weighted by Gasteiger charge is 2.24. The molecule has 0 aliphatic carbocycles. The monoisotopic (exact) mass is 278 g/mol. The zero-order valence-electron chi connectivity index (χ0n) is 13.0. The van der Waals surface area contributed by atoms with Crippen LogP contribution in [0.5, 0.6) is 0 Å². The van der Waals surface area contributed by atoms with E-state index in [1.807, 2.05) is 27.0 Å². The third-order valence-electron chi connectivity index (χ3n) is 3.77. The lowest BCUT2D eigenvalue weighted by atomic mass is 9.95. The fourth-order valence-corrected chi connectivity index (χ4v) is 2.24. The van der Waals surface area contributed by atoms with E-state index in [2.05, 4.69) is 33.2 Å². The standard InChI is InChI=1S/C15H26N4O/c1-15(2,3)14(20)17-12-5-6-13(16-11-12)19-9-7-18(4)8-10-19/h6,11-12H,5,7-10H2,1-4H3,(H,17,20). The summed E-state index contributed by atoms with van der Waals surface area (Å²) >= 11 is 0. The number of piperazine rings is 1. The molecule has 1 unspecified atom stereocenters. The highest BCUT2D eigenvalue weighted by molar-refractivity contribution is 5.85. The van der Waals surface area contributed by atoms with Crippen molar-refractivity contribution < 1.29 is 4.79 Å². The molecule has 2 aliphatic rings. The fourth-order valence-electron chi connectivity index (χ4n) is 2.24. The van der Waals surface area contributed by atoms with E-state index in [9.17, 15) is 4.79 Å². The van der Waals surface area contributed by atoms with E-state index in [0.29, 0.717) is 0 Å². The molecule has 1 saturated heterocycles. The SMILES string of the molecule is CN1CCN(C2=CCC(NC(=O)C(C)(C)C)C=N2)CC1. The van der Waals surface area contributed by atoms with Crippen molar-refractivity contribution in [3.05, 3.63) is 11.9 Å². The van der Waals surface area contributed by atoms with Gasteiger partial charge in [0.15, 0.2) is 0 Å². The van der Waals surface area contributed by atoms with Crippen molar-refractivity contribution in [2.75, 3.05) is 33.2 Å². The number of amides is 1. The van der Waals surface area contributed by atoms with Gasteiger partial charge in [0.25, 0.3) is 0 Å². The maximum absolute atomic E-state index is 11.9. The lowest BCUT2D eigenvalue weighted by molar-refractivity contribution is -0.128. The van der Waals surface area contributed by atoms with Crippen LogP contribution < -0.4 is 5.32 Å². The van der Waals surface area contributed by atoms with Gasteiger partial charge in [0, 0.05) is 37.8 Å². The Balaban J connectivity index is 1.85. The molecule has 2 heterocycles. The zero-order valence-corrected chi connectivity index (χ0v) is 13.0. The molecule has 0 radical (unpaired) electrons. The molecule has 0 aromatic rings. The van der Waals surface area contributed by atoms with Gasteiger partial charge in [-0.15, -0.1) is 0 Å². The van der Waals surface area contributed by atoms with E-state index >= 15 is 0 Å². The second-order valence-electron chi connectivity index (χ2n) is 6.70.